The molecular weight excluding hydrogens is 402 g/mol. The molecule has 0 radical (unpaired) electrons. The van der Waals surface area contributed by atoms with Gasteiger partial charge in [-0.2, -0.15) is 5.26 Å². The van der Waals surface area contributed by atoms with Crippen molar-refractivity contribution in [3.8, 4) is 28.7 Å². The molecule has 4 rings (SSSR count). The molecule has 1 aliphatic heterocycles. The largest absolute Gasteiger partial charge is 0.496 e. The van der Waals surface area contributed by atoms with Gasteiger partial charge < -0.3 is 14.8 Å². The van der Waals surface area contributed by atoms with Crippen molar-refractivity contribution in [3.63, 3.8) is 0 Å². The van der Waals surface area contributed by atoms with Crippen molar-refractivity contribution in [1.82, 2.24) is 15.3 Å². The molecule has 1 aliphatic rings. The fraction of sp³-hybridized carbons (Fsp3) is 0.318. The van der Waals surface area contributed by atoms with Gasteiger partial charge in [-0.25, -0.2) is 9.97 Å². The van der Waals surface area contributed by atoms with Crippen LogP contribution in [0, 0.1) is 18.3 Å². The Morgan fingerprint density at radius 1 is 1.23 bits per heavy atom. The van der Waals surface area contributed by atoms with Crippen LogP contribution >= 0.6 is 11.6 Å². The molecule has 8 heteroatoms. The summed E-state index contributed by atoms with van der Waals surface area (Å²) in [6, 6.07) is 9.97. The zero-order chi connectivity index (χ0) is 21.3. The smallest absolute Gasteiger partial charge is 0.223 e. The molecule has 0 aliphatic carbocycles. The Hall–Kier alpha value is -3.08. The number of nitrogens with one attached hydrogen (secondary N) is 2. The highest BCUT2D eigenvalue weighted by Gasteiger charge is 2.24. The fourth-order valence-corrected chi connectivity index (χ4v) is 4.17. The van der Waals surface area contributed by atoms with E-state index in [1.807, 2.05) is 25.1 Å². The van der Waals surface area contributed by atoms with Crippen molar-refractivity contribution in [2.75, 3.05) is 26.1 Å². The minimum atomic E-state index is -0.127. The van der Waals surface area contributed by atoms with Crippen molar-refractivity contribution in [1.29, 1.82) is 5.26 Å². The Morgan fingerprint density at radius 2 is 2.03 bits per heavy atom. The molecule has 30 heavy (non-hydrogen) atoms. The maximum absolute atomic E-state index is 9.02. The zero-order valence-corrected chi connectivity index (χ0v) is 17.7. The Morgan fingerprint density at radius 3 is 2.73 bits per heavy atom. The average Bonchev–Trinajstić information content (AvgIpc) is 3.21. The number of rotatable bonds is 5. The number of methoxy groups -OCH3 is 2. The number of fused-ring (bicyclic) bond motifs is 1. The molecule has 2 heterocycles. The van der Waals surface area contributed by atoms with Gasteiger partial charge in [-0.05, 0) is 31.0 Å². The van der Waals surface area contributed by atoms with E-state index < -0.39 is 0 Å². The maximum Gasteiger partial charge on any atom is 0.223 e. The molecule has 3 aromatic rings. The Labute approximate surface area is 180 Å². The molecule has 2 aromatic carbocycles. The molecule has 0 bridgehead atoms. The minimum Gasteiger partial charge on any atom is -0.496 e. The summed E-state index contributed by atoms with van der Waals surface area (Å²) in [5.41, 5.74) is 3.55. The molecule has 2 unspecified atom stereocenters. The summed E-state index contributed by atoms with van der Waals surface area (Å²) < 4.78 is 10.9. The SMILES string of the molecule is COc1cc(OC)c(Cl)c(-c2ccc3nc(NC4CNC(C#N)C4)ncc3c2)c1C. The molecule has 0 amide bonds. The van der Waals surface area contributed by atoms with Crippen LogP contribution in [0.4, 0.5) is 5.95 Å². The van der Waals surface area contributed by atoms with Crippen molar-refractivity contribution in [3.05, 3.63) is 41.0 Å². The van der Waals surface area contributed by atoms with E-state index in [-0.39, 0.29) is 12.1 Å². The van der Waals surface area contributed by atoms with Gasteiger partial charge in [-0.1, -0.05) is 17.7 Å². The van der Waals surface area contributed by atoms with Crippen molar-refractivity contribution in [2.24, 2.45) is 0 Å². The summed E-state index contributed by atoms with van der Waals surface area (Å²) in [5, 5.41) is 16.9. The lowest BCUT2D eigenvalue weighted by Gasteiger charge is -2.16. The van der Waals surface area contributed by atoms with Gasteiger partial charge in [0.05, 0.1) is 36.9 Å². The summed E-state index contributed by atoms with van der Waals surface area (Å²) in [4.78, 5) is 9.07. The molecule has 2 N–H and O–H groups in total. The number of aromatic nitrogens is 2. The van der Waals surface area contributed by atoms with Crippen LogP contribution in [0.2, 0.25) is 5.02 Å². The highest BCUT2D eigenvalue weighted by Crippen LogP contribution is 2.43. The lowest BCUT2D eigenvalue weighted by atomic mass is 9.98. The fourth-order valence-electron chi connectivity index (χ4n) is 3.79. The van der Waals surface area contributed by atoms with Crippen LogP contribution in [-0.2, 0) is 0 Å². The molecule has 154 valence electrons. The number of nitriles is 1. The van der Waals surface area contributed by atoms with Gasteiger partial charge in [0, 0.05) is 41.4 Å². The van der Waals surface area contributed by atoms with Crippen LogP contribution in [0.25, 0.3) is 22.0 Å². The van der Waals surface area contributed by atoms with Crippen LogP contribution in [0.5, 0.6) is 11.5 Å². The number of nitrogens with zero attached hydrogens (tertiary/aromatic N) is 3. The highest BCUT2D eigenvalue weighted by molar-refractivity contribution is 6.35. The van der Waals surface area contributed by atoms with Crippen LogP contribution in [0.3, 0.4) is 0 Å². The summed E-state index contributed by atoms with van der Waals surface area (Å²) in [5.74, 6) is 1.83. The predicted octanol–water partition coefficient (Wildman–Crippen LogP) is 3.94. The van der Waals surface area contributed by atoms with E-state index >= 15 is 0 Å². The summed E-state index contributed by atoms with van der Waals surface area (Å²) in [6.07, 6.45) is 2.52. The molecule has 7 nitrogen and oxygen atoms in total. The third-order valence-electron chi connectivity index (χ3n) is 5.37. The van der Waals surface area contributed by atoms with E-state index in [2.05, 4.69) is 26.7 Å². The molecule has 1 fully saturated rings. The van der Waals surface area contributed by atoms with Crippen LogP contribution < -0.4 is 20.1 Å². The monoisotopic (exact) mass is 423 g/mol. The average molecular weight is 424 g/mol. The number of hydrogen-bond acceptors (Lipinski definition) is 7. The third-order valence-corrected chi connectivity index (χ3v) is 5.75. The molecule has 1 saturated heterocycles. The van der Waals surface area contributed by atoms with Gasteiger partial charge in [0.2, 0.25) is 5.95 Å². The van der Waals surface area contributed by atoms with Crippen LogP contribution in [0.1, 0.15) is 12.0 Å². The second kappa shape index (κ2) is 8.34. The van der Waals surface area contributed by atoms with Crippen molar-refractivity contribution < 1.29 is 9.47 Å². The second-order valence-corrected chi connectivity index (χ2v) is 7.61. The standard InChI is InChI=1S/C22H22ClN5O2/c1-12-18(29-2)8-19(30-3)21(23)20(12)13-4-5-17-14(6-13)10-26-22(28-17)27-16-7-15(9-24)25-11-16/h4-6,8,10,15-16,25H,7,11H2,1-3H3,(H,26,27,28). The first-order valence-corrected chi connectivity index (χ1v) is 9.99. The molecule has 1 aromatic heterocycles. The number of ether oxygens (including phenoxy) is 2. The van der Waals surface area contributed by atoms with Gasteiger partial charge >= 0.3 is 0 Å². The first-order chi connectivity index (χ1) is 14.5. The van der Waals surface area contributed by atoms with E-state index in [1.54, 1.807) is 26.5 Å². The topological polar surface area (TPSA) is 92.1 Å². The quantitative estimate of drug-likeness (QED) is 0.642. The lowest BCUT2D eigenvalue weighted by molar-refractivity contribution is 0.393. The number of hydrogen-bond donors (Lipinski definition) is 2. The van der Waals surface area contributed by atoms with E-state index in [1.165, 1.54) is 0 Å². The first kappa shape index (κ1) is 20.2. The van der Waals surface area contributed by atoms with Crippen molar-refractivity contribution in [2.45, 2.75) is 25.4 Å². The Kier molecular flexibility index (Phi) is 5.62. The molecule has 2 atom stereocenters. The van der Waals surface area contributed by atoms with Crippen molar-refractivity contribution >= 4 is 28.5 Å². The van der Waals surface area contributed by atoms with E-state index in [0.717, 1.165) is 34.0 Å². The number of anilines is 1. The van der Waals surface area contributed by atoms with Gasteiger partial charge in [0.25, 0.3) is 0 Å². The molecule has 0 spiro atoms. The normalized spacial score (nSPS) is 18.2. The highest BCUT2D eigenvalue weighted by atomic mass is 35.5. The lowest BCUT2D eigenvalue weighted by Crippen LogP contribution is -2.23. The van der Waals surface area contributed by atoms with Gasteiger partial charge in [-0.15, -0.1) is 0 Å². The number of benzene rings is 2. The molecule has 0 saturated carbocycles. The van der Waals surface area contributed by atoms with E-state index in [0.29, 0.717) is 29.0 Å². The predicted molar refractivity (Wildman–Crippen MR) is 117 cm³/mol. The minimum absolute atomic E-state index is 0.127. The van der Waals surface area contributed by atoms with Gasteiger partial charge in [0.15, 0.2) is 0 Å². The van der Waals surface area contributed by atoms with E-state index in [9.17, 15) is 0 Å². The summed E-state index contributed by atoms with van der Waals surface area (Å²) in [7, 11) is 3.21. The zero-order valence-electron chi connectivity index (χ0n) is 17.0. The Balaban J connectivity index is 1.68. The third kappa shape index (κ3) is 3.72. The second-order valence-electron chi connectivity index (χ2n) is 7.23. The van der Waals surface area contributed by atoms with Crippen LogP contribution in [-0.4, -0.2) is 42.8 Å². The van der Waals surface area contributed by atoms with Gasteiger partial charge in [-0.3, -0.25) is 5.32 Å². The summed E-state index contributed by atoms with van der Waals surface area (Å²) >= 11 is 6.62. The first-order valence-electron chi connectivity index (χ1n) is 9.61. The van der Waals surface area contributed by atoms with E-state index in [4.69, 9.17) is 26.3 Å². The number of halogens is 1. The van der Waals surface area contributed by atoms with Gasteiger partial charge in [0.1, 0.15) is 11.5 Å². The summed E-state index contributed by atoms with van der Waals surface area (Å²) in [6.45, 7) is 2.69. The Bertz CT molecular complexity index is 1120. The molecular formula is C22H22ClN5O2. The maximum atomic E-state index is 9.02. The van der Waals surface area contributed by atoms with Crippen LogP contribution in [0.15, 0.2) is 30.5 Å².